The molecule has 2 aromatic carbocycles. The quantitative estimate of drug-likeness (QED) is 0.636. The van der Waals surface area contributed by atoms with E-state index in [4.69, 9.17) is 9.73 Å². The lowest BCUT2D eigenvalue weighted by Gasteiger charge is -2.41. The molecule has 0 spiro atoms. The van der Waals surface area contributed by atoms with Crippen molar-refractivity contribution < 1.29 is 4.74 Å². The van der Waals surface area contributed by atoms with Crippen molar-refractivity contribution in [3.63, 3.8) is 0 Å². The van der Waals surface area contributed by atoms with Gasteiger partial charge in [-0.15, -0.1) is 0 Å². The minimum Gasteiger partial charge on any atom is -0.378 e. The summed E-state index contributed by atoms with van der Waals surface area (Å²) in [5.41, 5.74) is 4.87. The minimum atomic E-state index is 0.514. The van der Waals surface area contributed by atoms with E-state index in [-0.39, 0.29) is 0 Å². The Morgan fingerprint density at radius 3 is 2.96 bits per heavy atom. The third-order valence-electron chi connectivity index (χ3n) is 5.59. The number of hydrogen-bond donors (Lipinski definition) is 0. The van der Waals surface area contributed by atoms with Crippen LogP contribution in [0.5, 0.6) is 0 Å². The molecule has 142 valence electrons. The van der Waals surface area contributed by atoms with Crippen LogP contribution in [0.2, 0.25) is 0 Å². The standard InChI is InChI=1S/C23H23N3OS/c1-27-15-19-12-21-17(13-24-19)7-4-8-22(21)25-23-26-14-18-6-3-2-5-16(18)11-20(26)9-10-28-23/h2-8,12-13,20H,9-11,14-15H2,1H3. The van der Waals surface area contributed by atoms with Gasteiger partial charge in [0.05, 0.1) is 18.0 Å². The van der Waals surface area contributed by atoms with Gasteiger partial charge in [-0.3, -0.25) is 4.98 Å². The highest BCUT2D eigenvalue weighted by molar-refractivity contribution is 8.13. The highest BCUT2D eigenvalue weighted by atomic mass is 32.2. The number of aliphatic imine (C=N–C) groups is 1. The van der Waals surface area contributed by atoms with Gasteiger partial charge in [-0.1, -0.05) is 48.2 Å². The Morgan fingerprint density at radius 1 is 1.18 bits per heavy atom. The van der Waals surface area contributed by atoms with Crippen LogP contribution in [0.25, 0.3) is 10.8 Å². The van der Waals surface area contributed by atoms with Crippen LogP contribution < -0.4 is 0 Å². The summed E-state index contributed by atoms with van der Waals surface area (Å²) in [6, 6.07) is 17.7. The molecular formula is C23H23N3OS. The molecule has 1 atom stereocenters. The predicted octanol–water partition coefficient (Wildman–Crippen LogP) is 4.93. The maximum atomic E-state index is 5.26. The largest absolute Gasteiger partial charge is 0.378 e. The molecule has 3 aromatic rings. The van der Waals surface area contributed by atoms with E-state index in [1.165, 1.54) is 17.5 Å². The Morgan fingerprint density at radius 2 is 2.07 bits per heavy atom. The van der Waals surface area contributed by atoms with Crippen molar-refractivity contribution in [2.75, 3.05) is 12.9 Å². The Labute approximate surface area is 169 Å². The van der Waals surface area contributed by atoms with E-state index in [2.05, 4.69) is 58.4 Å². The maximum Gasteiger partial charge on any atom is 0.164 e. The lowest BCUT2D eigenvalue weighted by atomic mass is 9.93. The molecule has 4 nitrogen and oxygen atoms in total. The zero-order chi connectivity index (χ0) is 18.9. The van der Waals surface area contributed by atoms with Crippen LogP contribution in [0, 0.1) is 0 Å². The molecule has 1 aromatic heterocycles. The van der Waals surface area contributed by atoms with Gasteiger partial charge in [0, 0.05) is 42.4 Å². The van der Waals surface area contributed by atoms with Gasteiger partial charge in [0.2, 0.25) is 0 Å². The van der Waals surface area contributed by atoms with E-state index in [9.17, 15) is 0 Å². The molecule has 0 bridgehead atoms. The summed E-state index contributed by atoms with van der Waals surface area (Å²) in [5.74, 6) is 1.13. The Kier molecular flexibility index (Phi) is 4.79. The average Bonchev–Trinajstić information content (AvgIpc) is 2.73. The Bertz CT molecular complexity index is 1050. The summed E-state index contributed by atoms with van der Waals surface area (Å²) < 4.78 is 5.26. The maximum absolute atomic E-state index is 5.26. The number of ether oxygens (including phenoxy) is 1. The van der Waals surface area contributed by atoms with Crippen LogP contribution in [0.1, 0.15) is 23.2 Å². The Hall–Kier alpha value is -2.37. The van der Waals surface area contributed by atoms with Gasteiger partial charge in [0.15, 0.2) is 5.17 Å². The van der Waals surface area contributed by atoms with E-state index in [1.807, 2.05) is 18.0 Å². The zero-order valence-electron chi connectivity index (χ0n) is 16.0. The number of fused-ring (bicyclic) bond motifs is 3. The molecule has 0 saturated carbocycles. The molecule has 3 heterocycles. The molecule has 0 amide bonds. The fourth-order valence-corrected chi connectivity index (χ4v) is 5.27. The second-order valence-electron chi connectivity index (χ2n) is 7.39. The van der Waals surface area contributed by atoms with Crippen molar-refractivity contribution in [1.82, 2.24) is 9.88 Å². The third-order valence-corrected chi connectivity index (χ3v) is 6.61. The van der Waals surface area contributed by atoms with Crippen molar-refractivity contribution in [3.05, 3.63) is 71.5 Å². The second-order valence-corrected chi connectivity index (χ2v) is 8.46. The van der Waals surface area contributed by atoms with Gasteiger partial charge in [-0.25, -0.2) is 4.99 Å². The van der Waals surface area contributed by atoms with Crippen LogP contribution in [-0.4, -0.2) is 34.0 Å². The van der Waals surface area contributed by atoms with Crippen molar-refractivity contribution in [2.45, 2.75) is 32.0 Å². The number of amidine groups is 1. The second kappa shape index (κ2) is 7.57. The first kappa shape index (κ1) is 17.7. The van der Waals surface area contributed by atoms with Gasteiger partial charge in [-0.05, 0) is 36.1 Å². The molecular weight excluding hydrogens is 366 g/mol. The van der Waals surface area contributed by atoms with Crippen molar-refractivity contribution in [1.29, 1.82) is 0 Å². The summed E-state index contributed by atoms with van der Waals surface area (Å²) in [5, 5.41) is 3.39. The highest BCUT2D eigenvalue weighted by Crippen LogP contribution is 2.35. The molecule has 1 saturated heterocycles. The molecule has 2 aliphatic heterocycles. The number of nitrogens with zero attached hydrogens (tertiary/aromatic N) is 3. The molecule has 2 aliphatic rings. The molecule has 0 N–H and O–H groups in total. The van der Waals surface area contributed by atoms with E-state index < -0.39 is 0 Å². The van der Waals surface area contributed by atoms with E-state index in [1.54, 1.807) is 7.11 Å². The highest BCUT2D eigenvalue weighted by Gasteiger charge is 2.31. The van der Waals surface area contributed by atoms with Gasteiger partial charge < -0.3 is 9.64 Å². The number of hydrogen-bond acceptors (Lipinski definition) is 4. The monoisotopic (exact) mass is 389 g/mol. The fraction of sp³-hybridized carbons (Fsp3) is 0.304. The molecule has 5 heteroatoms. The topological polar surface area (TPSA) is 37.7 Å². The van der Waals surface area contributed by atoms with Gasteiger partial charge in [0.25, 0.3) is 0 Å². The number of rotatable bonds is 3. The minimum absolute atomic E-state index is 0.514. The number of benzene rings is 2. The number of thioether (sulfide) groups is 1. The van der Waals surface area contributed by atoms with Crippen LogP contribution in [0.3, 0.4) is 0 Å². The lowest BCUT2D eigenvalue weighted by molar-refractivity contribution is 0.181. The van der Waals surface area contributed by atoms with Crippen molar-refractivity contribution in [3.8, 4) is 0 Å². The first-order valence-corrected chi connectivity index (χ1v) is 10.7. The number of methoxy groups -OCH3 is 1. The third kappa shape index (κ3) is 3.29. The summed E-state index contributed by atoms with van der Waals surface area (Å²) in [6.45, 7) is 1.47. The van der Waals surface area contributed by atoms with E-state index in [0.29, 0.717) is 12.6 Å². The van der Waals surface area contributed by atoms with Crippen molar-refractivity contribution >= 4 is 33.4 Å². The molecule has 1 unspecified atom stereocenters. The van der Waals surface area contributed by atoms with Gasteiger partial charge in [-0.2, -0.15) is 0 Å². The summed E-state index contributed by atoms with van der Waals surface area (Å²) in [6.07, 6.45) is 4.25. The SMILES string of the molecule is COCc1cc2c(N=C3SCCC4Cc5ccccc5CN34)cccc2cn1. The lowest BCUT2D eigenvalue weighted by Crippen LogP contribution is -2.46. The van der Waals surface area contributed by atoms with Crippen molar-refractivity contribution in [2.24, 2.45) is 4.99 Å². The number of aromatic nitrogens is 1. The predicted molar refractivity (Wildman–Crippen MR) is 116 cm³/mol. The first-order chi connectivity index (χ1) is 13.8. The molecule has 0 aliphatic carbocycles. The van der Waals surface area contributed by atoms with E-state index in [0.717, 1.165) is 46.0 Å². The van der Waals surface area contributed by atoms with E-state index >= 15 is 0 Å². The molecule has 28 heavy (non-hydrogen) atoms. The van der Waals surface area contributed by atoms with Crippen LogP contribution in [0.4, 0.5) is 5.69 Å². The molecule has 0 radical (unpaired) electrons. The summed E-state index contributed by atoms with van der Waals surface area (Å²) in [4.78, 5) is 12.1. The van der Waals surface area contributed by atoms with Crippen LogP contribution in [0.15, 0.2) is 59.7 Å². The summed E-state index contributed by atoms with van der Waals surface area (Å²) in [7, 11) is 1.70. The fourth-order valence-electron chi connectivity index (χ4n) is 4.16. The smallest absolute Gasteiger partial charge is 0.164 e. The normalized spacial score (nSPS) is 20.2. The number of pyridine rings is 1. The van der Waals surface area contributed by atoms with Gasteiger partial charge >= 0.3 is 0 Å². The zero-order valence-corrected chi connectivity index (χ0v) is 16.8. The average molecular weight is 390 g/mol. The summed E-state index contributed by atoms with van der Waals surface area (Å²) >= 11 is 1.88. The first-order valence-electron chi connectivity index (χ1n) is 9.73. The molecule has 1 fully saturated rings. The van der Waals surface area contributed by atoms with Gasteiger partial charge in [0.1, 0.15) is 0 Å². The molecule has 5 rings (SSSR count). The van der Waals surface area contributed by atoms with Crippen LogP contribution in [-0.2, 0) is 24.3 Å². The Balaban J connectivity index is 1.54. The van der Waals surface area contributed by atoms with Crippen LogP contribution >= 0.6 is 11.8 Å².